The molecular weight excluding hydrogens is 615 g/mol. The molecule has 0 amide bonds. The minimum atomic E-state index is 1.10. The van der Waals surface area contributed by atoms with Crippen LogP contribution in [-0.2, 0) is 0 Å². The zero-order valence-corrected chi connectivity index (χ0v) is 28.3. The summed E-state index contributed by atoms with van der Waals surface area (Å²) in [5.41, 5.74) is 15.3. The summed E-state index contributed by atoms with van der Waals surface area (Å²) >= 11 is 0. The molecule has 8 aromatic carbocycles. The summed E-state index contributed by atoms with van der Waals surface area (Å²) in [7, 11) is 0. The standard InChI is InChI=1S/C50H37N/c1-4-12-38(13-5-1)20-21-47-18-10-11-19-50(47)51(48-34-30-45(31-35-48)43-26-22-41(23-27-43)39-14-6-2-7-15-39)49-36-32-46(33-37-49)44-28-24-42(25-29-44)40-16-8-3-9-17-40/h1-37H/b21-20+. The third-order valence-electron chi connectivity index (χ3n) is 9.33. The van der Waals surface area contributed by atoms with Crippen LogP contribution in [0.1, 0.15) is 11.1 Å². The van der Waals surface area contributed by atoms with Crippen LogP contribution in [0.15, 0.2) is 212 Å². The number of rotatable bonds is 9. The van der Waals surface area contributed by atoms with E-state index in [1.807, 2.05) is 0 Å². The summed E-state index contributed by atoms with van der Waals surface area (Å²) in [6.45, 7) is 0. The van der Waals surface area contributed by atoms with E-state index in [0.29, 0.717) is 0 Å². The molecule has 0 aliphatic rings. The Balaban J connectivity index is 1.13. The highest BCUT2D eigenvalue weighted by atomic mass is 15.1. The average Bonchev–Trinajstić information content (AvgIpc) is 3.22. The smallest absolute Gasteiger partial charge is 0.0533 e. The maximum Gasteiger partial charge on any atom is 0.0533 e. The average molecular weight is 652 g/mol. The SMILES string of the molecule is C(=C\c1ccccc1N(c1ccc(-c2ccc(-c3ccccc3)cc2)cc1)c1ccc(-c2ccc(-c3ccccc3)cc2)cc1)/c1ccccc1. The highest BCUT2D eigenvalue weighted by Crippen LogP contribution is 2.39. The molecule has 0 fully saturated rings. The van der Waals surface area contributed by atoms with Gasteiger partial charge in [-0.3, -0.25) is 0 Å². The first-order valence-corrected chi connectivity index (χ1v) is 17.4. The van der Waals surface area contributed by atoms with Crippen molar-refractivity contribution >= 4 is 29.2 Å². The van der Waals surface area contributed by atoms with Crippen molar-refractivity contribution in [1.29, 1.82) is 0 Å². The summed E-state index contributed by atoms with van der Waals surface area (Å²) in [5, 5.41) is 0. The molecule has 0 heterocycles. The minimum absolute atomic E-state index is 1.10. The Morgan fingerprint density at radius 3 is 0.980 bits per heavy atom. The molecule has 0 bridgehead atoms. The van der Waals surface area contributed by atoms with Gasteiger partial charge in [-0.1, -0.05) is 194 Å². The molecule has 0 aliphatic heterocycles. The topological polar surface area (TPSA) is 3.24 Å². The maximum absolute atomic E-state index is 2.36. The molecule has 51 heavy (non-hydrogen) atoms. The van der Waals surface area contributed by atoms with E-state index in [4.69, 9.17) is 0 Å². The molecule has 0 aromatic heterocycles. The van der Waals surface area contributed by atoms with Crippen molar-refractivity contribution in [3.05, 3.63) is 223 Å². The quantitative estimate of drug-likeness (QED) is 0.140. The van der Waals surface area contributed by atoms with Gasteiger partial charge < -0.3 is 4.90 Å². The van der Waals surface area contributed by atoms with Crippen molar-refractivity contribution in [2.75, 3.05) is 4.90 Å². The Labute approximate surface area is 301 Å². The zero-order chi connectivity index (χ0) is 34.2. The molecule has 8 rings (SSSR count). The number of nitrogens with zero attached hydrogens (tertiary/aromatic N) is 1. The third kappa shape index (κ3) is 7.20. The molecule has 242 valence electrons. The monoisotopic (exact) mass is 651 g/mol. The lowest BCUT2D eigenvalue weighted by Crippen LogP contribution is -2.11. The normalized spacial score (nSPS) is 11.1. The van der Waals surface area contributed by atoms with Gasteiger partial charge >= 0.3 is 0 Å². The second kappa shape index (κ2) is 14.8. The zero-order valence-electron chi connectivity index (χ0n) is 28.3. The van der Waals surface area contributed by atoms with Gasteiger partial charge in [0.2, 0.25) is 0 Å². The second-order valence-electron chi connectivity index (χ2n) is 12.6. The molecule has 0 saturated carbocycles. The lowest BCUT2D eigenvalue weighted by molar-refractivity contribution is 1.28. The van der Waals surface area contributed by atoms with Crippen molar-refractivity contribution < 1.29 is 0 Å². The summed E-state index contributed by atoms with van der Waals surface area (Å²) < 4.78 is 0. The Morgan fingerprint density at radius 2 is 0.569 bits per heavy atom. The van der Waals surface area contributed by atoms with Crippen LogP contribution in [0.4, 0.5) is 17.1 Å². The Kier molecular flexibility index (Phi) is 9.17. The second-order valence-corrected chi connectivity index (χ2v) is 12.6. The third-order valence-corrected chi connectivity index (χ3v) is 9.33. The van der Waals surface area contributed by atoms with Crippen LogP contribution in [0.5, 0.6) is 0 Å². The van der Waals surface area contributed by atoms with Crippen LogP contribution in [0, 0.1) is 0 Å². The highest BCUT2D eigenvalue weighted by molar-refractivity contribution is 5.87. The molecule has 0 saturated heterocycles. The Bertz CT molecular complexity index is 2210. The van der Waals surface area contributed by atoms with Crippen LogP contribution >= 0.6 is 0 Å². The van der Waals surface area contributed by atoms with Gasteiger partial charge in [0, 0.05) is 11.4 Å². The number of benzene rings is 8. The fraction of sp³-hybridized carbons (Fsp3) is 0. The maximum atomic E-state index is 2.36. The van der Waals surface area contributed by atoms with Gasteiger partial charge in [0.1, 0.15) is 0 Å². The van der Waals surface area contributed by atoms with Crippen molar-refractivity contribution in [2.24, 2.45) is 0 Å². The van der Waals surface area contributed by atoms with E-state index in [-0.39, 0.29) is 0 Å². The van der Waals surface area contributed by atoms with Gasteiger partial charge in [-0.25, -0.2) is 0 Å². The summed E-state index contributed by atoms with van der Waals surface area (Å²) in [6.07, 6.45) is 4.39. The summed E-state index contributed by atoms with van der Waals surface area (Å²) in [6, 6.07) is 75.6. The molecule has 1 nitrogen and oxygen atoms in total. The number of para-hydroxylation sites is 1. The predicted octanol–water partition coefficient (Wildman–Crippen LogP) is 14.0. The van der Waals surface area contributed by atoms with Crippen LogP contribution in [0.25, 0.3) is 56.7 Å². The molecule has 0 atom stereocenters. The molecule has 0 N–H and O–H groups in total. The van der Waals surface area contributed by atoms with E-state index in [1.165, 1.54) is 50.1 Å². The molecule has 0 radical (unpaired) electrons. The van der Waals surface area contributed by atoms with E-state index in [9.17, 15) is 0 Å². The number of hydrogen-bond donors (Lipinski definition) is 0. The molecule has 8 aromatic rings. The minimum Gasteiger partial charge on any atom is -0.310 e. The molecule has 0 aliphatic carbocycles. The van der Waals surface area contributed by atoms with E-state index in [2.05, 4.69) is 229 Å². The van der Waals surface area contributed by atoms with E-state index >= 15 is 0 Å². The van der Waals surface area contributed by atoms with Crippen LogP contribution < -0.4 is 4.90 Å². The van der Waals surface area contributed by atoms with Crippen LogP contribution in [0.2, 0.25) is 0 Å². The lowest BCUT2D eigenvalue weighted by atomic mass is 9.99. The van der Waals surface area contributed by atoms with Crippen LogP contribution in [0.3, 0.4) is 0 Å². The van der Waals surface area contributed by atoms with Crippen molar-refractivity contribution in [3.8, 4) is 44.5 Å². The van der Waals surface area contributed by atoms with Gasteiger partial charge in [-0.05, 0) is 86.0 Å². The molecule has 0 unspecified atom stereocenters. The first-order chi connectivity index (χ1) is 25.3. The van der Waals surface area contributed by atoms with E-state index in [1.54, 1.807) is 0 Å². The first-order valence-electron chi connectivity index (χ1n) is 17.4. The summed E-state index contributed by atoms with van der Waals surface area (Å²) in [4.78, 5) is 2.36. The molecular formula is C50H37N. The van der Waals surface area contributed by atoms with Crippen molar-refractivity contribution in [2.45, 2.75) is 0 Å². The highest BCUT2D eigenvalue weighted by Gasteiger charge is 2.16. The van der Waals surface area contributed by atoms with Crippen molar-refractivity contribution in [1.82, 2.24) is 0 Å². The fourth-order valence-corrected chi connectivity index (χ4v) is 6.59. The van der Waals surface area contributed by atoms with Gasteiger partial charge in [0.25, 0.3) is 0 Å². The van der Waals surface area contributed by atoms with Crippen molar-refractivity contribution in [3.63, 3.8) is 0 Å². The lowest BCUT2D eigenvalue weighted by Gasteiger charge is -2.27. The fourth-order valence-electron chi connectivity index (χ4n) is 6.59. The predicted molar refractivity (Wildman–Crippen MR) is 218 cm³/mol. The molecule has 1 heteroatoms. The van der Waals surface area contributed by atoms with E-state index < -0.39 is 0 Å². The van der Waals surface area contributed by atoms with E-state index in [0.717, 1.165) is 22.6 Å². The van der Waals surface area contributed by atoms with Gasteiger partial charge in [-0.15, -0.1) is 0 Å². The van der Waals surface area contributed by atoms with Gasteiger partial charge in [0.05, 0.1) is 5.69 Å². The number of hydrogen-bond acceptors (Lipinski definition) is 1. The summed E-state index contributed by atoms with van der Waals surface area (Å²) in [5.74, 6) is 0. The number of anilines is 3. The first kappa shape index (κ1) is 31.6. The Morgan fingerprint density at radius 1 is 0.255 bits per heavy atom. The van der Waals surface area contributed by atoms with Gasteiger partial charge in [-0.2, -0.15) is 0 Å². The molecule has 0 spiro atoms. The van der Waals surface area contributed by atoms with Gasteiger partial charge in [0.15, 0.2) is 0 Å². The largest absolute Gasteiger partial charge is 0.310 e. The Hall–Kier alpha value is -6.70. The van der Waals surface area contributed by atoms with Crippen LogP contribution in [-0.4, -0.2) is 0 Å².